The zero-order valence-electron chi connectivity index (χ0n) is 6.86. The normalized spacial score (nSPS) is 18.4. The zero-order valence-corrected chi connectivity index (χ0v) is 7.68. The molecular weight excluding hydrogens is 168 g/mol. The summed E-state index contributed by atoms with van der Waals surface area (Å²) in [6, 6.07) is 8.46. The first-order valence-electron chi connectivity index (χ1n) is 4.06. The van der Waals surface area contributed by atoms with Crippen LogP contribution >= 0.6 is 11.8 Å². The van der Waals surface area contributed by atoms with Crippen molar-refractivity contribution in [3.05, 3.63) is 29.8 Å². The summed E-state index contributed by atoms with van der Waals surface area (Å²) in [5.41, 5.74) is 1.35. The summed E-state index contributed by atoms with van der Waals surface area (Å²) in [4.78, 5) is 1.38. The molecule has 64 valence electrons. The Morgan fingerprint density at radius 1 is 1.33 bits per heavy atom. The van der Waals surface area contributed by atoms with Gasteiger partial charge in [-0.05, 0) is 11.6 Å². The largest absolute Gasteiger partial charge is 0.268 e. The predicted octanol–water partition coefficient (Wildman–Crippen LogP) is 1.47. The summed E-state index contributed by atoms with van der Waals surface area (Å²) >= 11 is 1.89. The molecule has 2 nitrogen and oxygen atoms in total. The Morgan fingerprint density at radius 2 is 2.17 bits per heavy atom. The van der Waals surface area contributed by atoms with Crippen molar-refractivity contribution in [1.82, 2.24) is 5.01 Å². The van der Waals surface area contributed by atoms with E-state index in [4.69, 9.17) is 5.84 Å². The molecule has 0 saturated heterocycles. The molecule has 12 heavy (non-hydrogen) atoms. The predicted molar refractivity (Wildman–Crippen MR) is 51.8 cm³/mol. The molecule has 0 unspecified atom stereocenters. The minimum Gasteiger partial charge on any atom is -0.268 e. The molecule has 0 bridgehead atoms. The maximum atomic E-state index is 5.77. The van der Waals surface area contributed by atoms with Gasteiger partial charge in [0.2, 0.25) is 0 Å². The summed E-state index contributed by atoms with van der Waals surface area (Å²) in [6.07, 6.45) is 0. The van der Waals surface area contributed by atoms with Crippen LogP contribution in [0.3, 0.4) is 0 Å². The quantitative estimate of drug-likeness (QED) is 0.613. The van der Waals surface area contributed by atoms with Gasteiger partial charge in [-0.3, -0.25) is 5.84 Å². The van der Waals surface area contributed by atoms with Crippen LogP contribution in [0.2, 0.25) is 0 Å². The van der Waals surface area contributed by atoms with E-state index in [1.165, 1.54) is 10.5 Å². The number of hydrazine groups is 1. The van der Waals surface area contributed by atoms with E-state index in [9.17, 15) is 0 Å². The number of rotatable bonds is 0. The number of nitrogens with zero attached hydrogens (tertiary/aromatic N) is 1. The minimum atomic E-state index is 0.878. The van der Waals surface area contributed by atoms with Gasteiger partial charge in [-0.1, -0.05) is 18.2 Å². The van der Waals surface area contributed by atoms with Crippen LogP contribution in [0.4, 0.5) is 0 Å². The van der Waals surface area contributed by atoms with E-state index in [1.807, 2.05) is 16.8 Å². The third kappa shape index (κ3) is 1.63. The molecule has 1 aromatic carbocycles. The Kier molecular flexibility index (Phi) is 2.35. The first-order valence-corrected chi connectivity index (χ1v) is 5.05. The van der Waals surface area contributed by atoms with Crippen LogP contribution in [0, 0.1) is 0 Å². The van der Waals surface area contributed by atoms with Gasteiger partial charge in [-0.25, -0.2) is 5.01 Å². The van der Waals surface area contributed by atoms with E-state index < -0.39 is 0 Å². The maximum absolute atomic E-state index is 5.77. The summed E-state index contributed by atoms with van der Waals surface area (Å²) in [6.45, 7) is 1.85. The fourth-order valence-corrected chi connectivity index (χ4v) is 2.38. The third-order valence-electron chi connectivity index (χ3n) is 1.98. The van der Waals surface area contributed by atoms with Gasteiger partial charge in [-0.15, -0.1) is 11.8 Å². The standard InChI is InChI=1S/C9H12N2S/c10-11-5-6-12-9-4-2-1-3-8(9)7-11/h1-4H,5-7,10H2. The lowest BCUT2D eigenvalue weighted by molar-refractivity contribution is 0.294. The first-order chi connectivity index (χ1) is 5.86. The molecule has 1 aliphatic rings. The van der Waals surface area contributed by atoms with Gasteiger partial charge >= 0.3 is 0 Å². The number of hydrogen-bond acceptors (Lipinski definition) is 3. The second-order valence-corrected chi connectivity index (χ2v) is 4.06. The SMILES string of the molecule is NN1CCSc2ccccc2C1. The van der Waals surface area contributed by atoms with Crippen molar-refractivity contribution in [1.29, 1.82) is 0 Å². The van der Waals surface area contributed by atoms with Crippen LogP contribution in [0.1, 0.15) is 5.56 Å². The second kappa shape index (κ2) is 3.47. The van der Waals surface area contributed by atoms with Gasteiger partial charge in [0.05, 0.1) is 0 Å². The van der Waals surface area contributed by atoms with Crippen LogP contribution in [0.15, 0.2) is 29.2 Å². The Balaban J connectivity index is 2.31. The van der Waals surface area contributed by atoms with Gasteiger partial charge < -0.3 is 0 Å². The lowest BCUT2D eigenvalue weighted by Gasteiger charge is -2.11. The number of benzene rings is 1. The molecule has 1 heterocycles. The van der Waals surface area contributed by atoms with E-state index in [0.29, 0.717) is 0 Å². The van der Waals surface area contributed by atoms with Gasteiger partial charge in [0, 0.05) is 23.7 Å². The van der Waals surface area contributed by atoms with Crippen LogP contribution < -0.4 is 5.84 Å². The van der Waals surface area contributed by atoms with Crippen LogP contribution in [0.5, 0.6) is 0 Å². The minimum absolute atomic E-state index is 0.878. The van der Waals surface area contributed by atoms with Crippen molar-refractivity contribution in [2.24, 2.45) is 5.84 Å². The lowest BCUT2D eigenvalue weighted by Crippen LogP contribution is -2.31. The highest BCUT2D eigenvalue weighted by Crippen LogP contribution is 2.25. The van der Waals surface area contributed by atoms with Crippen molar-refractivity contribution in [3.63, 3.8) is 0 Å². The summed E-state index contributed by atoms with van der Waals surface area (Å²) < 4.78 is 0. The van der Waals surface area contributed by atoms with Crippen LogP contribution in [-0.4, -0.2) is 17.3 Å². The fourth-order valence-electron chi connectivity index (χ4n) is 1.35. The molecule has 0 saturated carbocycles. The average Bonchev–Trinajstić information content (AvgIpc) is 2.25. The third-order valence-corrected chi connectivity index (χ3v) is 3.08. The highest BCUT2D eigenvalue weighted by Gasteiger charge is 2.10. The molecule has 2 rings (SSSR count). The lowest BCUT2D eigenvalue weighted by atomic mass is 10.2. The van der Waals surface area contributed by atoms with Gasteiger partial charge in [-0.2, -0.15) is 0 Å². The molecule has 0 aromatic heterocycles. The molecule has 3 heteroatoms. The molecule has 0 radical (unpaired) electrons. The summed E-state index contributed by atoms with van der Waals surface area (Å²) in [5, 5.41) is 1.87. The highest BCUT2D eigenvalue weighted by atomic mass is 32.2. The van der Waals surface area contributed by atoms with Crippen LogP contribution in [-0.2, 0) is 6.54 Å². The zero-order chi connectivity index (χ0) is 8.39. The van der Waals surface area contributed by atoms with E-state index >= 15 is 0 Å². The van der Waals surface area contributed by atoms with Gasteiger partial charge in [0.1, 0.15) is 0 Å². The molecule has 1 aliphatic heterocycles. The maximum Gasteiger partial charge on any atom is 0.0390 e. The number of nitrogens with two attached hydrogens (primary N) is 1. The fraction of sp³-hybridized carbons (Fsp3) is 0.333. The van der Waals surface area contributed by atoms with Crippen LogP contribution in [0.25, 0.3) is 0 Å². The van der Waals surface area contributed by atoms with E-state index in [0.717, 1.165) is 18.8 Å². The molecule has 0 atom stereocenters. The molecule has 1 aromatic rings. The molecule has 0 aliphatic carbocycles. The molecule has 0 fully saturated rings. The van der Waals surface area contributed by atoms with Crippen molar-refractivity contribution in [3.8, 4) is 0 Å². The Bertz CT molecular complexity index is 275. The Hall–Kier alpha value is -0.510. The first kappa shape index (κ1) is 8.10. The summed E-state index contributed by atoms with van der Waals surface area (Å²) in [7, 11) is 0. The highest BCUT2D eigenvalue weighted by molar-refractivity contribution is 7.99. The molecule has 2 N–H and O–H groups in total. The number of fused-ring (bicyclic) bond motifs is 1. The monoisotopic (exact) mass is 180 g/mol. The van der Waals surface area contributed by atoms with Gasteiger partial charge in [0.15, 0.2) is 0 Å². The molecule has 0 amide bonds. The smallest absolute Gasteiger partial charge is 0.0390 e. The van der Waals surface area contributed by atoms with Gasteiger partial charge in [0.25, 0.3) is 0 Å². The Labute approximate surface area is 76.7 Å². The second-order valence-electron chi connectivity index (χ2n) is 2.93. The van der Waals surface area contributed by atoms with Crippen molar-refractivity contribution >= 4 is 11.8 Å². The average molecular weight is 180 g/mol. The van der Waals surface area contributed by atoms with Crippen molar-refractivity contribution in [2.75, 3.05) is 12.3 Å². The van der Waals surface area contributed by atoms with E-state index in [1.54, 1.807) is 0 Å². The van der Waals surface area contributed by atoms with E-state index in [-0.39, 0.29) is 0 Å². The number of thioether (sulfide) groups is 1. The van der Waals surface area contributed by atoms with Crippen molar-refractivity contribution in [2.45, 2.75) is 11.4 Å². The Morgan fingerprint density at radius 3 is 3.08 bits per heavy atom. The number of hydrogen-bond donors (Lipinski definition) is 1. The topological polar surface area (TPSA) is 29.3 Å². The summed E-state index contributed by atoms with van der Waals surface area (Å²) in [5.74, 6) is 6.86. The molecule has 0 spiro atoms. The van der Waals surface area contributed by atoms with Crippen molar-refractivity contribution < 1.29 is 0 Å². The van der Waals surface area contributed by atoms with E-state index in [2.05, 4.69) is 24.3 Å². The molecular formula is C9H12N2S.